The number of pyridine rings is 1. The fraction of sp³-hybridized carbons (Fsp3) is 0.231. The molecule has 3 heterocycles. The number of halogens is 1. The number of hydrogen-bond donors (Lipinski definition) is 2. The lowest BCUT2D eigenvalue weighted by Gasteiger charge is -2.49. The van der Waals surface area contributed by atoms with Crippen molar-refractivity contribution in [2.45, 2.75) is 37.6 Å². The van der Waals surface area contributed by atoms with Crippen LogP contribution in [0.1, 0.15) is 25.3 Å². The van der Waals surface area contributed by atoms with Crippen molar-refractivity contribution in [1.82, 2.24) is 14.5 Å². The van der Waals surface area contributed by atoms with Gasteiger partial charge in [0.1, 0.15) is 11.6 Å². The zero-order valence-electron chi connectivity index (χ0n) is 18.1. The van der Waals surface area contributed by atoms with E-state index >= 15 is 0 Å². The third-order valence-electron chi connectivity index (χ3n) is 6.60. The number of nitrogens with zero attached hydrogens (tertiary/aromatic N) is 3. The molecule has 7 heteroatoms. The summed E-state index contributed by atoms with van der Waals surface area (Å²) in [5, 5.41) is 10.2. The second kappa shape index (κ2) is 6.97. The van der Waals surface area contributed by atoms with Crippen molar-refractivity contribution in [3.05, 3.63) is 78.4 Å². The Labute approximate surface area is 190 Å². The molecule has 1 saturated carbocycles. The van der Waals surface area contributed by atoms with Gasteiger partial charge in [0.05, 0.1) is 22.6 Å². The highest BCUT2D eigenvalue weighted by Gasteiger charge is 2.49. The topological polar surface area (TPSA) is 86.2 Å². The van der Waals surface area contributed by atoms with Gasteiger partial charge in [0.2, 0.25) is 0 Å². The number of rotatable bonds is 3. The molecule has 0 atom stereocenters. The molecule has 0 spiro atoms. The fourth-order valence-corrected chi connectivity index (χ4v) is 5.22. The van der Waals surface area contributed by atoms with Crippen LogP contribution < -0.4 is 10.5 Å². The number of nitrogens with two attached hydrogens (primary N) is 1. The van der Waals surface area contributed by atoms with Crippen LogP contribution in [0, 0.1) is 5.82 Å². The number of imidazole rings is 1. The molecule has 0 radical (unpaired) electrons. The van der Waals surface area contributed by atoms with E-state index in [4.69, 9.17) is 15.5 Å². The maximum absolute atomic E-state index is 14.8. The van der Waals surface area contributed by atoms with Crippen LogP contribution in [0.2, 0.25) is 0 Å². The molecule has 6 nitrogen and oxygen atoms in total. The number of hydrogen-bond acceptors (Lipinski definition) is 5. The average Bonchev–Trinajstić information content (AvgIpc) is 3.18. The van der Waals surface area contributed by atoms with E-state index in [9.17, 15) is 9.50 Å². The van der Waals surface area contributed by atoms with Crippen LogP contribution in [-0.4, -0.2) is 25.2 Å². The Hall–Kier alpha value is -3.55. The summed E-state index contributed by atoms with van der Waals surface area (Å²) in [6.45, 7) is 2.04. The van der Waals surface area contributed by atoms with Crippen molar-refractivity contribution >= 4 is 0 Å². The molecule has 1 fully saturated rings. The minimum Gasteiger partial charge on any atom is -0.472 e. The molecule has 4 aromatic rings. The molecule has 166 valence electrons. The number of benzene rings is 2. The van der Waals surface area contributed by atoms with Crippen LogP contribution in [0.15, 0.2) is 67.0 Å². The summed E-state index contributed by atoms with van der Waals surface area (Å²) in [5.41, 5.74) is 9.97. The first kappa shape index (κ1) is 20.1. The van der Waals surface area contributed by atoms with Crippen LogP contribution in [0.4, 0.5) is 4.39 Å². The van der Waals surface area contributed by atoms with Crippen LogP contribution in [0.3, 0.4) is 0 Å². The summed E-state index contributed by atoms with van der Waals surface area (Å²) in [6.07, 6.45) is 4.49. The summed E-state index contributed by atoms with van der Waals surface area (Å²) in [6, 6.07) is 16.6. The second-order valence-corrected chi connectivity index (χ2v) is 9.27. The molecule has 1 aliphatic carbocycles. The van der Waals surface area contributed by atoms with Gasteiger partial charge in [-0.15, -0.1) is 0 Å². The standard InChI is InChI=1S/C26H23FN4O2/c1-25(32)13-26(28,14-25)18-7-5-16(6-8-18)22-23(17-9-11-29-12-10-17)31-15-33-20-4-2-3-19(27)21(20)24(31)30-22/h2-12,32H,13-15,28H2,1H3/t25-,26+. The summed E-state index contributed by atoms with van der Waals surface area (Å²) in [4.78, 5) is 9.03. The van der Waals surface area contributed by atoms with Crippen LogP contribution >= 0.6 is 0 Å². The first-order valence-electron chi connectivity index (χ1n) is 10.9. The Morgan fingerprint density at radius 3 is 2.45 bits per heavy atom. The number of aliphatic hydroxyl groups is 1. The molecule has 0 unspecified atom stereocenters. The molecule has 0 bridgehead atoms. The molecular weight excluding hydrogens is 419 g/mol. The zero-order chi connectivity index (χ0) is 22.8. The van der Waals surface area contributed by atoms with E-state index in [1.165, 1.54) is 6.07 Å². The molecule has 0 saturated heterocycles. The van der Waals surface area contributed by atoms with Gasteiger partial charge in [-0.1, -0.05) is 30.3 Å². The third-order valence-corrected chi connectivity index (χ3v) is 6.60. The minimum atomic E-state index is -0.720. The van der Waals surface area contributed by atoms with Gasteiger partial charge in [-0.25, -0.2) is 9.37 Å². The summed E-state index contributed by atoms with van der Waals surface area (Å²) in [7, 11) is 0. The van der Waals surface area contributed by atoms with Gasteiger partial charge in [0.25, 0.3) is 0 Å². The SMILES string of the molecule is C[C@]1(O)C[C@](N)(c2ccc(-c3nc4n(c3-c3ccncc3)COc3cccc(F)c3-4)cc2)C1. The predicted molar refractivity (Wildman–Crippen MR) is 123 cm³/mol. The predicted octanol–water partition coefficient (Wildman–Crippen LogP) is 4.47. The first-order valence-corrected chi connectivity index (χ1v) is 10.9. The highest BCUT2D eigenvalue weighted by Crippen LogP contribution is 2.47. The van der Waals surface area contributed by atoms with E-state index < -0.39 is 11.1 Å². The molecule has 2 aliphatic rings. The van der Waals surface area contributed by atoms with E-state index in [0.29, 0.717) is 30.0 Å². The fourth-order valence-electron chi connectivity index (χ4n) is 5.22. The van der Waals surface area contributed by atoms with Crippen molar-refractivity contribution in [1.29, 1.82) is 0 Å². The smallest absolute Gasteiger partial charge is 0.167 e. The van der Waals surface area contributed by atoms with Gasteiger partial charge in [-0.05, 0) is 49.6 Å². The van der Waals surface area contributed by atoms with Crippen LogP contribution in [-0.2, 0) is 12.3 Å². The Morgan fingerprint density at radius 2 is 1.76 bits per heavy atom. The van der Waals surface area contributed by atoms with Gasteiger partial charge in [0, 0.05) is 29.1 Å². The highest BCUT2D eigenvalue weighted by molar-refractivity contribution is 5.83. The molecule has 3 N–H and O–H groups in total. The Balaban J connectivity index is 1.50. The van der Waals surface area contributed by atoms with Gasteiger partial charge < -0.3 is 15.6 Å². The third kappa shape index (κ3) is 3.15. The van der Waals surface area contributed by atoms with Crippen molar-refractivity contribution in [2.24, 2.45) is 5.73 Å². The van der Waals surface area contributed by atoms with Crippen molar-refractivity contribution in [3.63, 3.8) is 0 Å². The molecule has 2 aromatic carbocycles. The lowest BCUT2D eigenvalue weighted by Crippen LogP contribution is -2.58. The molecular formula is C26H23FN4O2. The normalized spacial score (nSPS) is 23.3. The molecule has 2 aromatic heterocycles. The van der Waals surface area contributed by atoms with E-state index in [2.05, 4.69) is 4.98 Å². The molecule has 0 amide bonds. The lowest BCUT2D eigenvalue weighted by atomic mass is 9.63. The Morgan fingerprint density at radius 1 is 1.03 bits per heavy atom. The number of ether oxygens (including phenoxy) is 1. The summed E-state index contributed by atoms with van der Waals surface area (Å²) < 4.78 is 22.6. The van der Waals surface area contributed by atoms with Gasteiger partial charge in [-0.2, -0.15) is 0 Å². The number of aromatic nitrogens is 3. The number of fused-ring (bicyclic) bond motifs is 3. The van der Waals surface area contributed by atoms with E-state index in [1.807, 2.05) is 47.9 Å². The van der Waals surface area contributed by atoms with E-state index in [-0.39, 0.29) is 12.5 Å². The van der Waals surface area contributed by atoms with Gasteiger partial charge in [-0.3, -0.25) is 9.55 Å². The highest BCUT2D eigenvalue weighted by atomic mass is 19.1. The van der Waals surface area contributed by atoms with E-state index in [0.717, 1.165) is 28.1 Å². The largest absolute Gasteiger partial charge is 0.472 e. The van der Waals surface area contributed by atoms with Crippen LogP contribution in [0.5, 0.6) is 5.75 Å². The molecule has 1 aliphatic heterocycles. The monoisotopic (exact) mass is 442 g/mol. The Bertz CT molecular complexity index is 1360. The van der Waals surface area contributed by atoms with E-state index in [1.54, 1.807) is 24.5 Å². The lowest BCUT2D eigenvalue weighted by molar-refractivity contribution is -0.0738. The summed E-state index contributed by atoms with van der Waals surface area (Å²) in [5.74, 6) is 0.645. The molecule has 33 heavy (non-hydrogen) atoms. The maximum atomic E-state index is 14.8. The van der Waals surface area contributed by atoms with Gasteiger partial charge >= 0.3 is 0 Å². The second-order valence-electron chi connectivity index (χ2n) is 9.27. The van der Waals surface area contributed by atoms with Crippen LogP contribution in [0.25, 0.3) is 33.9 Å². The maximum Gasteiger partial charge on any atom is 0.167 e. The average molecular weight is 442 g/mol. The quantitative estimate of drug-likeness (QED) is 0.489. The Kier molecular flexibility index (Phi) is 4.24. The minimum absolute atomic E-state index is 0.232. The summed E-state index contributed by atoms with van der Waals surface area (Å²) >= 11 is 0. The van der Waals surface area contributed by atoms with Crippen molar-refractivity contribution in [3.8, 4) is 39.7 Å². The van der Waals surface area contributed by atoms with Crippen molar-refractivity contribution < 1.29 is 14.2 Å². The zero-order valence-corrected chi connectivity index (χ0v) is 18.1. The first-order chi connectivity index (χ1) is 15.8. The van der Waals surface area contributed by atoms with Gasteiger partial charge in [0.15, 0.2) is 12.6 Å². The van der Waals surface area contributed by atoms with Crippen molar-refractivity contribution in [2.75, 3.05) is 0 Å². The molecule has 6 rings (SSSR count).